The molecule has 0 fully saturated rings. The first kappa shape index (κ1) is 11.5. The number of hydrogen-bond donors (Lipinski definition) is 1. The average molecular weight is 208 g/mol. The van der Waals surface area contributed by atoms with Crippen LogP contribution in [-0.4, -0.2) is 29.7 Å². The number of aromatic nitrogens is 1. The Morgan fingerprint density at radius 3 is 2.93 bits per heavy atom. The van der Waals surface area contributed by atoms with E-state index in [1.807, 2.05) is 11.9 Å². The molecule has 0 unspecified atom stereocenters. The molecule has 1 aromatic heterocycles. The molecule has 0 bridgehead atoms. The second kappa shape index (κ2) is 5.34. The third kappa shape index (κ3) is 2.94. The summed E-state index contributed by atoms with van der Waals surface area (Å²) < 4.78 is 0. The molecule has 0 aliphatic rings. The summed E-state index contributed by atoms with van der Waals surface area (Å²) in [6.45, 7) is 2.97. The van der Waals surface area contributed by atoms with Crippen molar-refractivity contribution in [1.82, 2.24) is 4.98 Å². The molecule has 15 heavy (non-hydrogen) atoms. The van der Waals surface area contributed by atoms with E-state index >= 15 is 0 Å². The third-order valence-corrected chi connectivity index (χ3v) is 2.29. The molecular formula is C11H16N2O2. The van der Waals surface area contributed by atoms with Crippen molar-refractivity contribution >= 4 is 11.7 Å². The highest BCUT2D eigenvalue weighted by Gasteiger charge is 2.12. The van der Waals surface area contributed by atoms with Gasteiger partial charge in [0.15, 0.2) is 0 Å². The molecular weight excluding hydrogens is 192 g/mol. The van der Waals surface area contributed by atoms with Gasteiger partial charge in [0.2, 0.25) is 0 Å². The summed E-state index contributed by atoms with van der Waals surface area (Å²) in [6, 6.07) is 1.74. The summed E-state index contributed by atoms with van der Waals surface area (Å²) in [5, 5.41) is 8.97. The highest BCUT2D eigenvalue weighted by Crippen LogP contribution is 2.18. The smallest absolute Gasteiger partial charge is 0.339 e. The van der Waals surface area contributed by atoms with Gasteiger partial charge in [-0.05, 0) is 12.5 Å². The second-order valence-electron chi connectivity index (χ2n) is 3.47. The van der Waals surface area contributed by atoms with Crippen molar-refractivity contribution in [1.29, 1.82) is 0 Å². The molecule has 0 amide bonds. The Morgan fingerprint density at radius 2 is 2.33 bits per heavy atom. The van der Waals surface area contributed by atoms with Crippen molar-refractivity contribution in [3.05, 3.63) is 24.0 Å². The number of pyridine rings is 1. The Kier molecular flexibility index (Phi) is 4.09. The van der Waals surface area contributed by atoms with E-state index in [0.29, 0.717) is 0 Å². The van der Waals surface area contributed by atoms with Crippen LogP contribution >= 0.6 is 0 Å². The molecule has 1 N–H and O–H groups in total. The quantitative estimate of drug-likeness (QED) is 0.804. The standard InChI is InChI=1S/C11H16N2O2/c1-3-4-7-13(2)10-5-6-12-8-9(10)11(14)15/h5-6,8H,3-4,7H2,1-2H3,(H,14,15). The first-order valence-corrected chi connectivity index (χ1v) is 5.05. The number of unbranched alkanes of at least 4 members (excludes halogenated alkanes) is 1. The van der Waals surface area contributed by atoms with Gasteiger partial charge in [-0.25, -0.2) is 4.79 Å². The van der Waals surface area contributed by atoms with Crippen LogP contribution in [0.15, 0.2) is 18.5 Å². The second-order valence-corrected chi connectivity index (χ2v) is 3.47. The average Bonchev–Trinajstić information content (AvgIpc) is 2.25. The van der Waals surface area contributed by atoms with Gasteiger partial charge in [-0.3, -0.25) is 4.98 Å². The van der Waals surface area contributed by atoms with E-state index in [2.05, 4.69) is 11.9 Å². The van der Waals surface area contributed by atoms with Gasteiger partial charge in [0.05, 0.1) is 5.69 Å². The molecule has 0 atom stereocenters. The van der Waals surface area contributed by atoms with E-state index in [-0.39, 0.29) is 5.56 Å². The van der Waals surface area contributed by atoms with Crippen LogP contribution in [0.1, 0.15) is 30.1 Å². The van der Waals surface area contributed by atoms with Crippen molar-refractivity contribution in [2.24, 2.45) is 0 Å². The lowest BCUT2D eigenvalue weighted by atomic mass is 10.2. The lowest BCUT2D eigenvalue weighted by Gasteiger charge is -2.20. The molecule has 82 valence electrons. The van der Waals surface area contributed by atoms with Gasteiger partial charge >= 0.3 is 5.97 Å². The summed E-state index contributed by atoms with van der Waals surface area (Å²) >= 11 is 0. The number of hydrogen-bond acceptors (Lipinski definition) is 3. The van der Waals surface area contributed by atoms with E-state index in [0.717, 1.165) is 25.1 Å². The fraction of sp³-hybridized carbons (Fsp3) is 0.455. The molecule has 1 aromatic rings. The SMILES string of the molecule is CCCCN(C)c1ccncc1C(=O)O. The van der Waals surface area contributed by atoms with Gasteiger partial charge in [-0.2, -0.15) is 0 Å². The monoisotopic (exact) mass is 208 g/mol. The van der Waals surface area contributed by atoms with Crippen molar-refractivity contribution in [2.75, 3.05) is 18.5 Å². The largest absolute Gasteiger partial charge is 0.478 e. The van der Waals surface area contributed by atoms with E-state index in [4.69, 9.17) is 5.11 Å². The van der Waals surface area contributed by atoms with Crippen LogP contribution in [-0.2, 0) is 0 Å². The van der Waals surface area contributed by atoms with Crippen LogP contribution in [0, 0.1) is 0 Å². The van der Waals surface area contributed by atoms with Crippen LogP contribution in [0.25, 0.3) is 0 Å². The van der Waals surface area contributed by atoms with E-state index in [9.17, 15) is 4.79 Å². The maximum Gasteiger partial charge on any atom is 0.339 e. The molecule has 0 aromatic carbocycles. The minimum Gasteiger partial charge on any atom is -0.478 e. The highest BCUT2D eigenvalue weighted by atomic mass is 16.4. The summed E-state index contributed by atoms with van der Waals surface area (Å²) in [4.78, 5) is 16.7. The number of rotatable bonds is 5. The zero-order chi connectivity index (χ0) is 11.3. The molecule has 4 nitrogen and oxygen atoms in total. The van der Waals surface area contributed by atoms with Gasteiger partial charge in [-0.15, -0.1) is 0 Å². The number of nitrogens with zero attached hydrogens (tertiary/aromatic N) is 2. The molecule has 0 aliphatic heterocycles. The molecule has 0 saturated heterocycles. The number of aromatic carboxylic acids is 1. The Morgan fingerprint density at radius 1 is 1.60 bits per heavy atom. The van der Waals surface area contributed by atoms with Crippen molar-refractivity contribution in [3.8, 4) is 0 Å². The maximum atomic E-state index is 10.9. The Balaban J connectivity index is 2.87. The fourth-order valence-electron chi connectivity index (χ4n) is 1.40. The van der Waals surface area contributed by atoms with E-state index in [1.54, 1.807) is 12.3 Å². The minimum absolute atomic E-state index is 0.260. The molecule has 4 heteroatoms. The first-order valence-electron chi connectivity index (χ1n) is 5.05. The Hall–Kier alpha value is -1.58. The zero-order valence-corrected chi connectivity index (χ0v) is 9.10. The molecule has 0 radical (unpaired) electrons. The number of carbonyl (C=O) groups is 1. The van der Waals surface area contributed by atoms with Crippen LogP contribution < -0.4 is 4.90 Å². The topological polar surface area (TPSA) is 53.4 Å². The molecule has 1 heterocycles. The number of anilines is 1. The number of carboxylic acid groups (broad SMARTS) is 1. The lowest BCUT2D eigenvalue weighted by Crippen LogP contribution is -2.21. The van der Waals surface area contributed by atoms with Crippen LogP contribution in [0.2, 0.25) is 0 Å². The molecule has 1 rings (SSSR count). The van der Waals surface area contributed by atoms with Gasteiger partial charge in [0.25, 0.3) is 0 Å². The fourth-order valence-corrected chi connectivity index (χ4v) is 1.40. The Bertz CT molecular complexity index is 339. The predicted molar refractivity (Wildman–Crippen MR) is 59.4 cm³/mol. The predicted octanol–water partition coefficient (Wildman–Crippen LogP) is 2.02. The zero-order valence-electron chi connectivity index (χ0n) is 9.10. The van der Waals surface area contributed by atoms with Gasteiger partial charge in [-0.1, -0.05) is 13.3 Å². The van der Waals surface area contributed by atoms with Gasteiger partial charge in [0, 0.05) is 26.0 Å². The summed E-state index contributed by atoms with van der Waals surface area (Å²) in [6.07, 6.45) is 5.15. The Labute approximate surface area is 89.6 Å². The summed E-state index contributed by atoms with van der Waals surface area (Å²) in [5.74, 6) is -0.929. The molecule has 0 aliphatic carbocycles. The lowest BCUT2D eigenvalue weighted by molar-refractivity contribution is 0.0697. The molecule has 0 saturated carbocycles. The highest BCUT2D eigenvalue weighted by molar-refractivity contribution is 5.93. The summed E-state index contributed by atoms with van der Waals surface area (Å²) in [5.41, 5.74) is 0.988. The minimum atomic E-state index is -0.929. The normalized spacial score (nSPS) is 10.0. The maximum absolute atomic E-state index is 10.9. The van der Waals surface area contributed by atoms with Crippen LogP contribution in [0.3, 0.4) is 0 Å². The van der Waals surface area contributed by atoms with Crippen LogP contribution in [0.5, 0.6) is 0 Å². The number of carboxylic acids is 1. The van der Waals surface area contributed by atoms with E-state index in [1.165, 1.54) is 6.20 Å². The van der Waals surface area contributed by atoms with Crippen molar-refractivity contribution < 1.29 is 9.90 Å². The third-order valence-electron chi connectivity index (χ3n) is 2.29. The van der Waals surface area contributed by atoms with Crippen molar-refractivity contribution in [3.63, 3.8) is 0 Å². The van der Waals surface area contributed by atoms with E-state index < -0.39 is 5.97 Å². The van der Waals surface area contributed by atoms with Gasteiger partial charge < -0.3 is 10.0 Å². The van der Waals surface area contributed by atoms with Crippen molar-refractivity contribution in [2.45, 2.75) is 19.8 Å². The molecule has 0 spiro atoms. The first-order chi connectivity index (χ1) is 7.16. The van der Waals surface area contributed by atoms with Gasteiger partial charge in [0.1, 0.15) is 5.56 Å². The van der Waals surface area contributed by atoms with Crippen LogP contribution in [0.4, 0.5) is 5.69 Å². The summed E-state index contributed by atoms with van der Waals surface area (Å²) in [7, 11) is 1.90.